The van der Waals surface area contributed by atoms with Gasteiger partial charge in [0.25, 0.3) is 0 Å². The maximum absolute atomic E-state index is 11.7. The molecule has 0 spiro atoms. The molecule has 5 nitrogen and oxygen atoms in total. The van der Waals surface area contributed by atoms with Crippen molar-refractivity contribution in [2.24, 2.45) is 0 Å². The van der Waals surface area contributed by atoms with Gasteiger partial charge in [0.2, 0.25) is 5.91 Å². The Morgan fingerprint density at radius 2 is 1.90 bits per heavy atom. The van der Waals surface area contributed by atoms with Crippen molar-refractivity contribution in [2.45, 2.75) is 33.3 Å². The van der Waals surface area contributed by atoms with Crippen LogP contribution in [-0.2, 0) is 4.74 Å². The van der Waals surface area contributed by atoms with Gasteiger partial charge in [0.15, 0.2) is 0 Å². The maximum atomic E-state index is 11.7. The van der Waals surface area contributed by atoms with Crippen LogP contribution in [-0.4, -0.2) is 22.2 Å². The average Bonchev–Trinajstić information content (AvgIpc) is 2.68. The molecular formula is C15H18N2O3. The summed E-state index contributed by atoms with van der Waals surface area (Å²) in [5.41, 5.74) is 0.909. The van der Waals surface area contributed by atoms with Crippen LogP contribution in [0.15, 0.2) is 30.5 Å². The SMILES string of the molecule is CC(=O)n1ccc2cc(NC(=O)OC(C)(C)C)ccc21. The zero-order valence-corrected chi connectivity index (χ0v) is 12.1. The predicted molar refractivity (Wildman–Crippen MR) is 78.1 cm³/mol. The lowest BCUT2D eigenvalue weighted by atomic mass is 10.2. The summed E-state index contributed by atoms with van der Waals surface area (Å²) in [6.45, 7) is 6.93. The standard InChI is InChI=1S/C15H18N2O3/c1-10(18)17-8-7-11-9-12(5-6-13(11)17)16-14(19)20-15(2,3)4/h5-9H,1-4H3,(H,16,19). The lowest BCUT2D eigenvalue weighted by Crippen LogP contribution is -2.27. The number of benzene rings is 1. The molecule has 5 heteroatoms. The summed E-state index contributed by atoms with van der Waals surface area (Å²) in [7, 11) is 0. The Kier molecular flexibility index (Phi) is 3.53. The molecule has 0 atom stereocenters. The van der Waals surface area contributed by atoms with Crippen molar-refractivity contribution < 1.29 is 14.3 Å². The van der Waals surface area contributed by atoms with Gasteiger partial charge < -0.3 is 4.74 Å². The Labute approximate surface area is 117 Å². The lowest BCUT2D eigenvalue weighted by Gasteiger charge is -2.19. The van der Waals surface area contributed by atoms with E-state index in [9.17, 15) is 9.59 Å². The minimum atomic E-state index is -0.536. The first kappa shape index (κ1) is 14.1. The fourth-order valence-electron chi connectivity index (χ4n) is 1.92. The Morgan fingerprint density at radius 1 is 1.20 bits per heavy atom. The summed E-state index contributed by atoms with van der Waals surface area (Å²) in [6.07, 6.45) is 1.22. The number of carbonyl (C=O) groups excluding carboxylic acids is 2. The van der Waals surface area contributed by atoms with Gasteiger partial charge >= 0.3 is 6.09 Å². The molecule has 0 unspecified atom stereocenters. The first-order valence-electron chi connectivity index (χ1n) is 6.38. The summed E-state index contributed by atoms with van der Waals surface area (Å²) < 4.78 is 6.75. The molecule has 1 heterocycles. The molecular weight excluding hydrogens is 256 g/mol. The Bertz CT molecular complexity index is 665. The molecule has 1 aromatic heterocycles. The minimum absolute atomic E-state index is 0.0483. The van der Waals surface area contributed by atoms with Gasteiger partial charge in [-0.3, -0.25) is 14.7 Å². The van der Waals surface area contributed by atoms with E-state index in [0.717, 1.165) is 10.9 Å². The number of ether oxygens (including phenoxy) is 1. The van der Waals surface area contributed by atoms with Crippen LogP contribution in [0, 0.1) is 0 Å². The molecule has 0 aliphatic rings. The molecule has 2 aromatic rings. The molecule has 0 saturated heterocycles. The maximum Gasteiger partial charge on any atom is 0.412 e. The van der Waals surface area contributed by atoms with Crippen LogP contribution in [0.25, 0.3) is 10.9 Å². The van der Waals surface area contributed by atoms with Crippen LogP contribution in [0.5, 0.6) is 0 Å². The fourth-order valence-corrected chi connectivity index (χ4v) is 1.92. The molecule has 0 aliphatic carbocycles. The van der Waals surface area contributed by atoms with Gasteiger partial charge in [-0.2, -0.15) is 0 Å². The second-order valence-electron chi connectivity index (χ2n) is 5.61. The number of fused-ring (bicyclic) bond motifs is 1. The second-order valence-corrected chi connectivity index (χ2v) is 5.61. The third-order valence-electron chi connectivity index (χ3n) is 2.67. The summed E-state index contributed by atoms with van der Waals surface area (Å²) >= 11 is 0. The molecule has 0 fully saturated rings. The Morgan fingerprint density at radius 3 is 2.50 bits per heavy atom. The third kappa shape index (κ3) is 3.17. The number of aromatic nitrogens is 1. The number of hydrogen-bond acceptors (Lipinski definition) is 3. The van der Waals surface area contributed by atoms with E-state index >= 15 is 0 Å². The van der Waals surface area contributed by atoms with Crippen molar-refractivity contribution in [3.8, 4) is 0 Å². The van der Waals surface area contributed by atoms with E-state index in [1.165, 1.54) is 6.92 Å². The highest BCUT2D eigenvalue weighted by molar-refractivity contribution is 5.95. The van der Waals surface area contributed by atoms with Gasteiger partial charge in [-0.05, 0) is 45.0 Å². The number of nitrogens with zero attached hydrogens (tertiary/aromatic N) is 1. The van der Waals surface area contributed by atoms with Crippen LogP contribution >= 0.6 is 0 Å². The second kappa shape index (κ2) is 5.00. The van der Waals surface area contributed by atoms with Crippen LogP contribution in [0.2, 0.25) is 0 Å². The van der Waals surface area contributed by atoms with E-state index in [1.54, 1.807) is 29.0 Å². The van der Waals surface area contributed by atoms with Gasteiger partial charge in [-0.15, -0.1) is 0 Å². The molecule has 1 aromatic carbocycles. The van der Waals surface area contributed by atoms with Crippen LogP contribution in [0.3, 0.4) is 0 Å². The molecule has 1 N–H and O–H groups in total. The van der Waals surface area contributed by atoms with Crippen molar-refractivity contribution in [1.82, 2.24) is 4.57 Å². The summed E-state index contributed by atoms with van der Waals surface area (Å²) in [6, 6.07) is 7.17. The van der Waals surface area contributed by atoms with Crippen LogP contribution in [0.1, 0.15) is 32.5 Å². The van der Waals surface area contributed by atoms with Gasteiger partial charge in [-0.1, -0.05) is 0 Å². The van der Waals surface area contributed by atoms with E-state index < -0.39 is 11.7 Å². The first-order valence-corrected chi connectivity index (χ1v) is 6.38. The highest BCUT2D eigenvalue weighted by Gasteiger charge is 2.16. The number of amides is 1. The van der Waals surface area contributed by atoms with E-state index in [2.05, 4.69) is 5.32 Å². The van der Waals surface area contributed by atoms with Gasteiger partial charge in [-0.25, -0.2) is 4.79 Å². The van der Waals surface area contributed by atoms with E-state index in [4.69, 9.17) is 4.74 Å². The van der Waals surface area contributed by atoms with Crippen LogP contribution < -0.4 is 5.32 Å². The van der Waals surface area contributed by atoms with Crippen LogP contribution in [0.4, 0.5) is 10.5 Å². The van der Waals surface area contributed by atoms with Crippen molar-refractivity contribution in [3.63, 3.8) is 0 Å². The summed E-state index contributed by atoms with van der Waals surface area (Å²) in [5.74, 6) is -0.0483. The van der Waals surface area contributed by atoms with Crippen molar-refractivity contribution >= 4 is 28.6 Å². The number of hydrogen-bond donors (Lipinski definition) is 1. The monoisotopic (exact) mass is 274 g/mol. The zero-order valence-electron chi connectivity index (χ0n) is 12.1. The highest BCUT2D eigenvalue weighted by atomic mass is 16.6. The average molecular weight is 274 g/mol. The largest absolute Gasteiger partial charge is 0.444 e. The Balaban J connectivity index is 2.21. The van der Waals surface area contributed by atoms with Gasteiger partial charge in [0.05, 0.1) is 5.52 Å². The van der Waals surface area contributed by atoms with Gasteiger partial charge in [0.1, 0.15) is 5.60 Å². The smallest absolute Gasteiger partial charge is 0.412 e. The molecule has 0 saturated carbocycles. The molecule has 0 radical (unpaired) electrons. The lowest BCUT2D eigenvalue weighted by molar-refractivity contribution is 0.0635. The molecule has 106 valence electrons. The third-order valence-corrected chi connectivity index (χ3v) is 2.67. The zero-order chi connectivity index (χ0) is 14.9. The molecule has 1 amide bonds. The topological polar surface area (TPSA) is 60.3 Å². The summed E-state index contributed by atoms with van der Waals surface area (Å²) in [4.78, 5) is 23.1. The molecule has 20 heavy (non-hydrogen) atoms. The quantitative estimate of drug-likeness (QED) is 0.863. The summed E-state index contributed by atoms with van der Waals surface area (Å²) in [5, 5.41) is 3.56. The Hall–Kier alpha value is -2.30. The van der Waals surface area contributed by atoms with E-state index in [-0.39, 0.29) is 5.91 Å². The molecule has 0 aliphatic heterocycles. The normalized spacial score (nSPS) is 11.4. The van der Waals surface area contributed by atoms with Crippen molar-refractivity contribution in [1.29, 1.82) is 0 Å². The minimum Gasteiger partial charge on any atom is -0.444 e. The highest BCUT2D eigenvalue weighted by Crippen LogP contribution is 2.21. The molecule has 0 bridgehead atoms. The fraction of sp³-hybridized carbons (Fsp3) is 0.333. The van der Waals surface area contributed by atoms with Crippen molar-refractivity contribution in [3.05, 3.63) is 30.5 Å². The number of nitrogens with one attached hydrogen (secondary N) is 1. The first-order chi connectivity index (χ1) is 9.26. The number of rotatable bonds is 1. The van der Waals surface area contributed by atoms with E-state index in [0.29, 0.717) is 5.69 Å². The van der Waals surface area contributed by atoms with E-state index in [1.807, 2.05) is 26.8 Å². The predicted octanol–water partition coefficient (Wildman–Crippen LogP) is 3.65. The number of anilines is 1. The molecule has 2 rings (SSSR count). The number of carbonyl (C=O) groups is 2. The van der Waals surface area contributed by atoms with Gasteiger partial charge in [0, 0.05) is 24.2 Å². The van der Waals surface area contributed by atoms with Crippen molar-refractivity contribution in [2.75, 3.05) is 5.32 Å².